The molecule has 2 aliphatic heterocycles. The Hall–Kier alpha value is -2.45. The van der Waals surface area contributed by atoms with Gasteiger partial charge in [-0.05, 0) is 19.9 Å². The van der Waals surface area contributed by atoms with Gasteiger partial charge in [-0.2, -0.15) is 0 Å². The summed E-state index contributed by atoms with van der Waals surface area (Å²) in [6.45, 7) is 7.70. The standard InChI is InChI=1S/C19H22ClN3O5/c1-3-25-19(24)23-6-4-22(5-7-23)10-15-12(2)28-18(21-15)13-8-16-17(9-14(13)20)27-11-26-16/h8-9H,3-7,10-11H2,1-2H3. The summed E-state index contributed by atoms with van der Waals surface area (Å²) in [5, 5.41) is 0.500. The number of rotatable bonds is 4. The second-order valence-electron chi connectivity index (χ2n) is 6.67. The van der Waals surface area contributed by atoms with Crippen LogP contribution in [0.25, 0.3) is 11.5 Å². The Bertz CT molecular complexity index is 877. The molecule has 9 heteroatoms. The van der Waals surface area contributed by atoms with Crippen molar-refractivity contribution in [2.75, 3.05) is 39.6 Å². The smallest absolute Gasteiger partial charge is 0.409 e. The lowest BCUT2D eigenvalue weighted by Crippen LogP contribution is -2.48. The molecule has 1 aromatic carbocycles. The maximum absolute atomic E-state index is 11.8. The fourth-order valence-corrected chi connectivity index (χ4v) is 3.52. The summed E-state index contributed by atoms with van der Waals surface area (Å²) >= 11 is 6.37. The minimum Gasteiger partial charge on any atom is -0.454 e. The highest BCUT2D eigenvalue weighted by Crippen LogP contribution is 2.41. The van der Waals surface area contributed by atoms with Crippen molar-refractivity contribution in [2.24, 2.45) is 0 Å². The second-order valence-corrected chi connectivity index (χ2v) is 7.08. The molecular formula is C19H22ClN3O5. The van der Waals surface area contributed by atoms with E-state index in [4.69, 9.17) is 30.2 Å². The molecule has 3 heterocycles. The molecule has 4 rings (SSSR count). The van der Waals surface area contributed by atoms with Crippen LogP contribution in [0.3, 0.4) is 0 Å². The van der Waals surface area contributed by atoms with Crippen molar-refractivity contribution in [3.8, 4) is 23.0 Å². The number of aryl methyl sites for hydroxylation is 1. The van der Waals surface area contributed by atoms with Gasteiger partial charge in [-0.3, -0.25) is 4.90 Å². The van der Waals surface area contributed by atoms with Crippen LogP contribution in [-0.4, -0.2) is 60.5 Å². The van der Waals surface area contributed by atoms with Crippen LogP contribution in [0.1, 0.15) is 18.4 Å². The fraction of sp³-hybridized carbons (Fsp3) is 0.474. The van der Waals surface area contributed by atoms with Gasteiger partial charge in [-0.25, -0.2) is 9.78 Å². The van der Waals surface area contributed by atoms with E-state index >= 15 is 0 Å². The lowest BCUT2D eigenvalue weighted by molar-refractivity contribution is 0.0774. The topological polar surface area (TPSA) is 77.3 Å². The number of oxazole rings is 1. The molecule has 2 aliphatic rings. The van der Waals surface area contributed by atoms with Gasteiger partial charge in [0.1, 0.15) is 5.76 Å². The summed E-state index contributed by atoms with van der Waals surface area (Å²) in [4.78, 5) is 20.4. The fourth-order valence-electron chi connectivity index (χ4n) is 3.29. The number of hydrogen-bond donors (Lipinski definition) is 0. The molecule has 150 valence electrons. The number of carbonyl (C=O) groups is 1. The van der Waals surface area contributed by atoms with Gasteiger partial charge >= 0.3 is 6.09 Å². The summed E-state index contributed by atoms with van der Waals surface area (Å²) < 4.78 is 21.7. The molecule has 0 unspecified atom stereocenters. The first-order chi connectivity index (χ1) is 13.5. The van der Waals surface area contributed by atoms with Gasteiger partial charge in [0.15, 0.2) is 11.5 Å². The second kappa shape index (κ2) is 7.89. The molecule has 0 radical (unpaired) electrons. The normalized spacial score (nSPS) is 16.5. The molecule has 1 fully saturated rings. The third-order valence-electron chi connectivity index (χ3n) is 4.86. The van der Waals surface area contributed by atoms with Crippen molar-refractivity contribution >= 4 is 17.7 Å². The Kier molecular flexibility index (Phi) is 5.32. The zero-order valence-corrected chi connectivity index (χ0v) is 16.6. The van der Waals surface area contributed by atoms with Crippen molar-refractivity contribution in [2.45, 2.75) is 20.4 Å². The Labute approximate surface area is 167 Å². The summed E-state index contributed by atoms with van der Waals surface area (Å²) in [7, 11) is 0. The van der Waals surface area contributed by atoms with Crippen LogP contribution in [0.15, 0.2) is 16.5 Å². The zero-order valence-electron chi connectivity index (χ0n) is 15.9. The average molecular weight is 408 g/mol. The van der Waals surface area contributed by atoms with Crippen LogP contribution in [0, 0.1) is 6.92 Å². The number of amides is 1. The maximum Gasteiger partial charge on any atom is 0.409 e. The highest BCUT2D eigenvalue weighted by Gasteiger charge is 2.25. The summed E-state index contributed by atoms with van der Waals surface area (Å²) in [6.07, 6.45) is -0.250. The number of nitrogens with zero attached hydrogens (tertiary/aromatic N) is 3. The Balaban J connectivity index is 1.44. The molecule has 1 aromatic heterocycles. The van der Waals surface area contributed by atoms with Gasteiger partial charge in [0.25, 0.3) is 0 Å². The van der Waals surface area contributed by atoms with Crippen molar-refractivity contribution in [3.63, 3.8) is 0 Å². The van der Waals surface area contributed by atoms with Crippen LogP contribution < -0.4 is 9.47 Å². The van der Waals surface area contributed by atoms with E-state index in [1.165, 1.54) is 0 Å². The molecule has 0 bridgehead atoms. The quantitative estimate of drug-likeness (QED) is 0.769. The van der Waals surface area contributed by atoms with Crippen LogP contribution >= 0.6 is 11.6 Å². The van der Waals surface area contributed by atoms with Gasteiger partial charge in [0.2, 0.25) is 12.7 Å². The van der Waals surface area contributed by atoms with Gasteiger partial charge in [-0.1, -0.05) is 11.6 Å². The minimum absolute atomic E-state index is 0.183. The van der Waals surface area contributed by atoms with Crippen molar-refractivity contribution in [3.05, 3.63) is 28.6 Å². The monoisotopic (exact) mass is 407 g/mol. The highest BCUT2D eigenvalue weighted by atomic mass is 35.5. The number of fused-ring (bicyclic) bond motifs is 1. The Morgan fingerprint density at radius 2 is 1.93 bits per heavy atom. The molecule has 0 N–H and O–H groups in total. The summed E-state index contributed by atoms with van der Waals surface area (Å²) in [5.41, 5.74) is 1.53. The largest absolute Gasteiger partial charge is 0.454 e. The number of hydrogen-bond acceptors (Lipinski definition) is 7. The van der Waals surface area contributed by atoms with E-state index in [9.17, 15) is 4.79 Å². The number of piperazine rings is 1. The van der Waals surface area contributed by atoms with E-state index in [-0.39, 0.29) is 12.9 Å². The molecule has 28 heavy (non-hydrogen) atoms. The van der Waals surface area contributed by atoms with Crippen LogP contribution in [-0.2, 0) is 11.3 Å². The van der Waals surface area contributed by atoms with Crippen LogP contribution in [0.2, 0.25) is 5.02 Å². The van der Waals surface area contributed by atoms with E-state index in [1.807, 2.05) is 13.8 Å². The molecular weight excluding hydrogens is 386 g/mol. The molecule has 0 spiro atoms. The highest BCUT2D eigenvalue weighted by molar-refractivity contribution is 6.33. The van der Waals surface area contributed by atoms with E-state index in [1.54, 1.807) is 17.0 Å². The van der Waals surface area contributed by atoms with E-state index < -0.39 is 0 Å². The predicted octanol–water partition coefficient (Wildman–Crippen LogP) is 3.31. The Morgan fingerprint density at radius 3 is 2.64 bits per heavy atom. The van der Waals surface area contributed by atoms with Gasteiger partial charge in [0, 0.05) is 38.8 Å². The van der Waals surface area contributed by atoms with Crippen LogP contribution in [0.4, 0.5) is 4.79 Å². The molecule has 8 nitrogen and oxygen atoms in total. The average Bonchev–Trinajstić information content (AvgIpc) is 3.28. The summed E-state index contributed by atoms with van der Waals surface area (Å²) in [5.74, 6) is 2.46. The van der Waals surface area contributed by atoms with Crippen molar-refractivity contribution in [1.29, 1.82) is 0 Å². The third kappa shape index (κ3) is 3.74. The number of benzene rings is 1. The maximum atomic E-state index is 11.8. The van der Waals surface area contributed by atoms with E-state index in [0.29, 0.717) is 54.2 Å². The molecule has 0 atom stereocenters. The molecule has 1 amide bonds. The first-order valence-corrected chi connectivity index (χ1v) is 9.63. The van der Waals surface area contributed by atoms with Gasteiger partial charge in [0.05, 0.1) is 22.9 Å². The number of carbonyl (C=O) groups excluding carboxylic acids is 1. The van der Waals surface area contributed by atoms with Gasteiger partial charge < -0.3 is 23.5 Å². The van der Waals surface area contributed by atoms with Gasteiger partial charge in [-0.15, -0.1) is 0 Å². The Morgan fingerprint density at radius 1 is 1.21 bits per heavy atom. The molecule has 2 aromatic rings. The lowest BCUT2D eigenvalue weighted by Gasteiger charge is -2.33. The van der Waals surface area contributed by atoms with Crippen LogP contribution in [0.5, 0.6) is 11.5 Å². The van der Waals surface area contributed by atoms with Crippen molar-refractivity contribution < 1.29 is 23.4 Å². The minimum atomic E-state index is -0.250. The summed E-state index contributed by atoms with van der Waals surface area (Å²) in [6, 6.07) is 3.50. The number of halogens is 1. The third-order valence-corrected chi connectivity index (χ3v) is 5.17. The first-order valence-electron chi connectivity index (χ1n) is 9.25. The molecule has 1 saturated heterocycles. The number of ether oxygens (including phenoxy) is 3. The molecule has 0 aliphatic carbocycles. The van der Waals surface area contributed by atoms with E-state index in [0.717, 1.165) is 24.5 Å². The van der Waals surface area contributed by atoms with Crippen molar-refractivity contribution in [1.82, 2.24) is 14.8 Å². The number of aromatic nitrogens is 1. The first kappa shape index (κ1) is 18.9. The predicted molar refractivity (Wildman–Crippen MR) is 102 cm³/mol. The zero-order chi connectivity index (χ0) is 19.7. The van der Waals surface area contributed by atoms with E-state index in [2.05, 4.69) is 9.88 Å². The SMILES string of the molecule is CCOC(=O)N1CCN(Cc2nc(-c3cc4c(cc3Cl)OCO4)oc2C)CC1. The molecule has 0 saturated carbocycles. The lowest BCUT2D eigenvalue weighted by atomic mass is 10.2.